The number of aryl methyl sites for hydroxylation is 1. The van der Waals surface area contributed by atoms with Gasteiger partial charge in [-0.3, -0.25) is 10.1 Å². The first-order valence-corrected chi connectivity index (χ1v) is 6.51. The molecular weight excluding hydrogens is 325 g/mol. The summed E-state index contributed by atoms with van der Waals surface area (Å²) in [7, 11) is 2.41. The van der Waals surface area contributed by atoms with Crippen molar-refractivity contribution in [2.75, 3.05) is 12.4 Å². The van der Waals surface area contributed by atoms with Gasteiger partial charge in [0.25, 0.3) is 11.7 Å². The zero-order valence-electron chi connectivity index (χ0n) is 11.3. The second-order valence-corrected chi connectivity index (χ2v) is 5.07. The molecule has 22 heavy (non-hydrogen) atoms. The summed E-state index contributed by atoms with van der Waals surface area (Å²) in [5.74, 6) is -3.02. The van der Waals surface area contributed by atoms with Gasteiger partial charge in [0.05, 0.1) is 12.0 Å². The summed E-state index contributed by atoms with van der Waals surface area (Å²) in [5.41, 5.74) is 0. The number of nitrogens with zero attached hydrogens (tertiary/aromatic N) is 3. The smallest absolute Gasteiger partial charge is 0.453 e. The fourth-order valence-electron chi connectivity index (χ4n) is 1.45. The Morgan fingerprint density at radius 1 is 1.32 bits per heavy atom. The minimum Gasteiger partial charge on any atom is -0.465 e. The lowest BCUT2D eigenvalue weighted by molar-refractivity contribution is -0.144. The third-order valence-electron chi connectivity index (χ3n) is 2.46. The van der Waals surface area contributed by atoms with Gasteiger partial charge in [0.15, 0.2) is 0 Å². The molecule has 2 aromatic rings. The lowest BCUT2D eigenvalue weighted by atomic mass is 10.4. The van der Waals surface area contributed by atoms with Crippen molar-refractivity contribution in [2.45, 2.75) is 6.18 Å². The largest absolute Gasteiger partial charge is 0.465 e. The van der Waals surface area contributed by atoms with Crippen LogP contribution in [0.3, 0.4) is 0 Å². The quantitative estimate of drug-likeness (QED) is 0.867. The van der Waals surface area contributed by atoms with Gasteiger partial charge >= 0.3 is 12.1 Å². The second-order valence-electron chi connectivity index (χ2n) is 3.99. The summed E-state index contributed by atoms with van der Waals surface area (Å²) >= 11 is 0.845. The first-order valence-electron chi connectivity index (χ1n) is 5.70. The topological polar surface area (TPSA) is 86.1 Å². The van der Waals surface area contributed by atoms with Crippen LogP contribution in [0.4, 0.5) is 19.1 Å². The summed E-state index contributed by atoms with van der Waals surface area (Å²) in [6.45, 7) is 0. The number of hydrogen-bond donors (Lipinski definition) is 1. The Morgan fingerprint density at radius 2 is 1.95 bits per heavy atom. The maximum atomic E-state index is 12.5. The van der Waals surface area contributed by atoms with Crippen LogP contribution in [0, 0.1) is 0 Å². The van der Waals surface area contributed by atoms with Crippen LogP contribution >= 0.6 is 11.3 Å². The molecule has 2 heterocycles. The van der Waals surface area contributed by atoms with E-state index in [2.05, 4.69) is 20.1 Å². The number of thiophene rings is 1. The van der Waals surface area contributed by atoms with Crippen LogP contribution in [0.15, 0.2) is 12.1 Å². The molecule has 11 heteroatoms. The first-order chi connectivity index (χ1) is 10.2. The third kappa shape index (κ3) is 3.24. The summed E-state index contributed by atoms with van der Waals surface area (Å²) < 4.78 is 42.7. The molecule has 2 rings (SSSR count). The molecule has 2 aromatic heterocycles. The van der Waals surface area contributed by atoms with E-state index in [1.807, 2.05) is 0 Å². The molecule has 0 aliphatic rings. The van der Waals surface area contributed by atoms with E-state index in [0.29, 0.717) is 0 Å². The number of esters is 1. The van der Waals surface area contributed by atoms with Gasteiger partial charge in [-0.2, -0.15) is 18.2 Å². The highest BCUT2D eigenvalue weighted by atomic mass is 32.1. The van der Waals surface area contributed by atoms with Crippen molar-refractivity contribution >= 4 is 29.2 Å². The molecule has 0 aromatic carbocycles. The number of ether oxygens (including phenoxy) is 1. The van der Waals surface area contributed by atoms with E-state index in [1.54, 1.807) is 0 Å². The molecule has 0 saturated heterocycles. The number of anilines is 1. The molecule has 0 saturated carbocycles. The number of carbonyl (C=O) groups excluding carboxylic acids is 2. The van der Waals surface area contributed by atoms with Gasteiger partial charge in [0.1, 0.15) is 4.88 Å². The van der Waals surface area contributed by atoms with Gasteiger partial charge in [0.2, 0.25) is 5.95 Å². The fraction of sp³-hybridized carbons (Fsp3) is 0.273. The Labute approximate surface area is 125 Å². The SMILES string of the molecule is COC(=O)c1ccc(C(=O)Nc2nc(C(F)(F)F)nn2C)s1. The molecule has 0 unspecified atom stereocenters. The second kappa shape index (κ2) is 5.75. The van der Waals surface area contributed by atoms with E-state index >= 15 is 0 Å². The Bertz CT molecular complexity index is 722. The van der Waals surface area contributed by atoms with Crippen molar-refractivity contribution in [3.05, 3.63) is 27.7 Å². The van der Waals surface area contributed by atoms with E-state index in [1.165, 1.54) is 26.3 Å². The van der Waals surface area contributed by atoms with Gasteiger partial charge in [-0.25, -0.2) is 9.48 Å². The van der Waals surface area contributed by atoms with Crippen molar-refractivity contribution in [1.29, 1.82) is 0 Å². The Morgan fingerprint density at radius 3 is 2.50 bits per heavy atom. The van der Waals surface area contributed by atoms with Crippen LogP contribution in [0.1, 0.15) is 25.2 Å². The minimum absolute atomic E-state index is 0.122. The van der Waals surface area contributed by atoms with Gasteiger partial charge in [-0.15, -0.1) is 16.4 Å². The highest BCUT2D eigenvalue weighted by Crippen LogP contribution is 2.27. The summed E-state index contributed by atoms with van der Waals surface area (Å²) in [4.78, 5) is 26.7. The average molecular weight is 334 g/mol. The Kier molecular flexibility index (Phi) is 4.17. The number of hydrogen-bond acceptors (Lipinski definition) is 6. The highest BCUT2D eigenvalue weighted by molar-refractivity contribution is 7.16. The summed E-state index contributed by atoms with van der Waals surface area (Å²) in [6.07, 6.45) is -4.71. The van der Waals surface area contributed by atoms with Crippen LogP contribution in [-0.4, -0.2) is 33.8 Å². The maximum Gasteiger partial charge on any atom is 0.453 e. The number of aromatic nitrogens is 3. The van der Waals surface area contributed by atoms with Crippen molar-refractivity contribution in [3.8, 4) is 0 Å². The van der Waals surface area contributed by atoms with Crippen LogP contribution < -0.4 is 5.32 Å². The summed E-state index contributed by atoms with van der Waals surface area (Å²) in [6, 6.07) is 2.73. The van der Waals surface area contributed by atoms with Gasteiger partial charge < -0.3 is 4.74 Å². The van der Waals surface area contributed by atoms with E-state index < -0.39 is 23.9 Å². The number of methoxy groups -OCH3 is 1. The fourth-order valence-corrected chi connectivity index (χ4v) is 2.27. The number of halogens is 3. The molecule has 7 nitrogen and oxygen atoms in total. The van der Waals surface area contributed by atoms with Crippen LogP contribution in [-0.2, 0) is 18.0 Å². The molecule has 0 radical (unpaired) electrons. The predicted octanol–water partition coefficient (Wildman–Crippen LogP) is 1.93. The van der Waals surface area contributed by atoms with Crippen LogP contribution in [0.2, 0.25) is 0 Å². The molecule has 1 amide bonds. The lowest BCUT2D eigenvalue weighted by Crippen LogP contribution is -2.14. The van der Waals surface area contributed by atoms with E-state index in [4.69, 9.17) is 0 Å². The first kappa shape index (κ1) is 15.9. The number of alkyl halides is 3. The molecule has 0 aliphatic carbocycles. The molecule has 0 bridgehead atoms. The normalized spacial score (nSPS) is 11.3. The number of nitrogens with one attached hydrogen (secondary N) is 1. The molecular formula is C11H9F3N4O3S. The van der Waals surface area contributed by atoms with Crippen molar-refractivity contribution in [1.82, 2.24) is 14.8 Å². The maximum absolute atomic E-state index is 12.5. The van der Waals surface area contributed by atoms with Crippen LogP contribution in [0.5, 0.6) is 0 Å². The minimum atomic E-state index is -4.71. The average Bonchev–Trinajstić information content (AvgIpc) is 3.05. The third-order valence-corrected chi connectivity index (χ3v) is 3.52. The van der Waals surface area contributed by atoms with Gasteiger partial charge in [0, 0.05) is 7.05 Å². The van der Waals surface area contributed by atoms with E-state index in [-0.39, 0.29) is 15.7 Å². The number of amides is 1. The monoisotopic (exact) mass is 334 g/mol. The summed E-state index contributed by atoms with van der Waals surface area (Å²) in [5, 5.41) is 5.37. The zero-order valence-corrected chi connectivity index (χ0v) is 12.1. The van der Waals surface area contributed by atoms with E-state index in [9.17, 15) is 22.8 Å². The van der Waals surface area contributed by atoms with Gasteiger partial charge in [-0.05, 0) is 12.1 Å². The Balaban J connectivity index is 2.17. The molecule has 0 aliphatic heterocycles. The number of carbonyl (C=O) groups is 2. The van der Waals surface area contributed by atoms with Gasteiger partial charge in [-0.1, -0.05) is 0 Å². The molecule has 0 atom stereocenters. The van der Waals surface area contributed by atoms with E-state index in [0.717, 1.165) is 16.0 Å². The highest BCUT2D eigenvalue weighted by Gasteiger charge is 2.37. The predicted molar refractivity (Wildman–Crippen MR) is 69.6 cm³/mol. The number of rotatable bonds is 3. The van der Waals surface area contributed by atoms with Crippen molar-refractivity contribution < 1.29 is 27.5 Å². The Hall–Kier alpha value is -2.43. The molecule has 0 spiro atoms. The van der Waals surface area contributed by atoms with Crippen molar-refractivity contribution in [2.24, 2.45) is 7.05 Å². The van der Waals surface area contributed by atoms with Crippen LogP contribution in [0.25, 0.3) is 0 Å². The molecule has 1 N–H and O–H groups in total. The molecule has 118 valence electrons. The standard InChI is InChI=1S/C11H9F3N4O3S/c1-18-10(16-9(17-18)11(12,13)14)15-7(19)5-3-4-6(22-5)8(20)21-2/h3-4H,1-2H3,(H,15,16,17,19). The molecule has 0 fully saturated rings. The lowest BCUT2D eigenvalue weighted by Gasteiger charge is -2.01. The zero-order chi connectivity index (χ0) is 16.5. The van der Waals surface area contributed by atoms with Crippen molar-refractivity contribution in [3.63, 3.8) is 0 Å².